The molecule has 2 N–H and O–H groups in total. The van der Waals surface area contributed by atoms with E-state index in [4.69, 9.17) is 16.6 Å². The predicted octanol–water partition coefficient (Wildman–Crippen LogP) is 9.42. The highest BCUT2D eigenvalue weighted by Gasteiger charge is 2.67. The SMILES string of the molecule is CSNc1nn(C)c2c(-n3c(C(Cc4cc(F)cc(F)c4)NC(=O)Cn4nc(C(F)F)c5c4C(F)(F)C4CC54)nc4nc(-c5ccc(C(F)(F)F)cc5)ccc4c3=O)ccc(Cl)c12. The molecule has 1 saturated carbocycles. The van der Waals surface area contributed by atoms with Crippen LogP contribution in [-0.2, 0) is 36.9 Å². The van der Waals surface area contributed by atoms with Crippen LogP contribution in [-0.4, -0.2) is 46.3 Å². The highest BCUT2D eigenvalue weighted by Crippen LogP contribution is 2.68. The van der Waals surface area contributed by atoms with Gasteiger partial charge in [-0.15, -0.1) is 0 Å². The number of aryl methyl sites for hydroxylation is 1. The molecule has 0 bridgehead atoms. The molecule has 2 aliphatic rings. The molecule has 7 aromatic rings. The van der Waals surface area contributed by atoms with Crippen molar-refractivity contribution in [2.45, 2.75) is 49.9 Å². The van der Waals surface area contributed by atoms with Gasteiger partial charge in [-0.3, -0.25) is 23.5 Å². The van der Waals surface area contributed by atoms with Crippen molar-refractivity contribution in [2.24, 2.45) is 13.0 Å². The molecule has 3 atom stereocenters. The monoisotopic (exact) mass is 917 g/mol. The normalized spacial score (nSPS) is 17.0. The van der Waals surface area contributed by atoms with Crippen molar-refractivity contribution in [1.29, 1.82) is 0 Å². The molecule has 4 heterocycles. The third-order valence-electron chi connectivity index (χ3n) is 11.1. The number of carbonyl (C=O) groups is 1. The van der Waals surface area contributed by atoms with E-state index in [0.717, 1.165) is 28.8 Å². The van der Waals surface area contributed by atoms with E-state index in [2.05, 4.69) is 25.2 Å². The number of hydrogen-bond acceptors (Lipinski definition) is 8. The molecular weight excluding hydrogens is 889 g/mol. The third kappa shape index (κ3) is 7.33. The molecule has 0 spiro atoms. The quantitative estimate of drug-likeness (QED) is 0.0973. The number of pyridine rings is 1. The van der Waals surface area contributed by atoms with Gasteiger partial charge in [-0.2, -0.15) is 32.1 Å². The van der Waals surface area contributed by atoms with Crippen LogP contribution in [0.1, 0.15) is 58.7 Å². The van der Waals surface area contributed by atoms with Crippen molar-refractivity contribution in [3.05, 3.63) is 128 Å². The number of rotatable bonds is 11. The fourth-order valence-electron chi connectivity index (χ4n) is 8.37. The lowest BCUT2D eigenvalue weighted by Gasteiger charge is -2.24. The topological polar surface area (TPSA) is 125 Å². The van der Waals surface area contributed by atoms with Gasteiger partial charge in [0, 0.05) is 42.8 Å². The zero-order chi connectivity index (χ0) is 44.9. The summed E-state index contributed by atoms with van der Waals surface area (Å²) in [4.78, 5) is 38.3. The highest BCUT2D eigenvalue weighted by molar-refractivity contribution is 7.99. The lowest BCUT2D eigenvalue weighted by molar-refractivity contribution is -0.137. The number of nitrogens with zero attached hydrogens (tertiary/aromatic N) is 7. The average Bonchev–Trinajstić information content (AvgIpc) is 3.75. The van der Waals surface area contributed by atoms with Crippen molar-refractivity contribution in [3.8, 4) is 16.9 Å². The van der Waals surface area contributed by atoms with Gasteiger partial charge >= 0.3 is 6.18 Å². The van der Waals surface area contributed by atoms with E-state index in [1.54, 1.807) is 13.3 Å². The first-order valence-corrected chi connectivity index (χ1v) is 20.5. The summed E-state index contributed by atoms with van der Waals surface area (Å²) in [5.41, 5.74) is -3.38. The first-order valence-electron chi connectivity index (χ1n) is 18.9. The minimum Gasteiger partial charge on any atom is -0.344 e. The number of fused-ring (bicyclic) bond motifs is 5. The third-order valence-corrected chi connectivity index (χ3v) is 11.8. The number of anilines is 1. The number of benzene rings is 3. The fourth-order valence-corrected chi connectivity index (χ4v) is 8.95. The van der Waals surface area contributed by atoms with Gasteiger partial charge in [-0.05, 0) is 66.4 Å². The largest absolute Gasteiger partial charge is 0.416 e. The van der Waals surface area contributed by atoms with Crippen LogP contribution in [0.15, 0.2) is 71.5 Å². The van der Waals surface area contributed by atoms with Crippen LogP contribution >= 0.6 is 23.5 Å². The Kier molecular flexibility index (Phi) is 10.3. The molecule has 2 aliphatic carbocycles. The standard InChI is InChI=1S/C41H29ClF9N9O2S/c1-58-33-28(10-8-25(42)31(33)37(56-58)57-63-2)60-38(54-36-22(39(60)62)7-9-26(53-36)18-3-5-19(6-4-18)41(49,50)51)27(13-17-11-20(43)14-21(44)12-17)52-29(61)16-59-34-30(32(55-59)35(45)46)23-15-24(23)40(34,47)48/h3-12,14,23-24,27,35H,13,15-16H2,1-2H3,(H,52,61)(H,56,57). The maximum atomic E-state index is 15.5. The Morgan fingerprint density at radius 1 is 1.00 bits per heavy atom. The van der Waals surface area contributed by atoms with E-state index in [1.807, 2.05) is 0 Å². The van der Waals surface area contributed by atoms with E-state index in [-0.39, 0.29) is 61.9 Å². The van der Waals surface area contributed by atoms with Crippen molar-refractivity contribution >= 4 is 57.2 Å². The van der Waals surface area contributed by atoms with Gasteiger partial charge in [0.25, 0.3) is 17.9 Å². The molecular formula is C41H29ClF9N9O2S. The van der Waals surface area contributed by atoms with Crippen LogP contribution in [0.4, 0.5) is 45.3 Å². The number of amides is 1. The van der Waals surface area contributed by atoms with Crippen molar-refractivity contribution in [2.75, 3.05) is 11.0 Å². The van der Waals surface area contributed by atoms with E-state index in [1.165, 1.54) is 53.0 Å². The van der Waals surface area contributed by atoms with Gasteiger partial charge in [0.05, 0.1) is 44.3 Å². The second-order valence-corrected chi connectivity index (χ2v) is 16.1. The molecule has 9 rings (SSSR count). The zero-order valence-corrected chi connectivity index (χ0v) is 34.0. The second kappa shape index (κ2) is 15.3. The number of nitrogens with one attached hydrogen (secondary N) is 2. The number of aromatic nitrogens is 7. The van der Waals surface area contributed by atoms with Gasteiger partial charge in [0.15, 0.2) is 11.5 Å². The van der Waals surface area contributed by atoms with Crippen LogP contribution in [0.2, 0.25) is 5.02 Å². The molecule has 0 radical (unpaired) electrons. The fraction of sp³-hybridized carbons (Fsp3) is 0.268. The molecule has 3 unspecified atom stereocenters. The second-order valence-electron chi connectivity index (χ2n) is 15.1. The van der Waals surface area contributed by atoms with Crippen LogP contribution < -0.4 is 15.6 Å². The summed E-state index contributed by atoms with van der Waals surface area (Å²) in [5.74, 6) is -8.74. The summed E-state index contributed by atoms with van der Waals surface area (Å²) < 4.78 is 135. The first-order chi connectivity index (χ1) is 29.8. The predicted molar refractivity (Wildman–Crippen MR) is 215 cm³/mol. The lowest BCUT2D eigenvalue weighted by atomic mass is 10.0. The molecule has 3 aromatic carbocycles. The summed E-state index contributed by atoms with van der Waals surface area (Å²) in [7, 11) is 1.56. The summed E-state index contributed by atoms with van der Waals surface area (Å²) in [6, 6.07) is 10.7. The summed E-state index contributed by atoms with van der Waals surface area (Å²) >= 11 is 7.88. The molecule has 22 heteroatoms. The van der Waals surface area contributed by atoms with E-state index >= 15 is 8.78 Å². The average molecular weight is 918 g/mol. The van der Waals surface area contributed by atoms with Gasteiger partial charge in [0.1, 0.15) is 35.4 Å². The highest BCUT2D eigenvalue weighted by atomic mass is 35.5. The Hall–Kier alpha value is -6.09. The van der Waals surface area contributed by atoms with Crippen molar-refractivity contribution in [1.82, 2.24) is 39.4 Å². The minimum absolute atomic E-state index is 0.0207. The van der Waals surface area contributed by atoms with Gasteiger partial charge < -0.3 is 10.0 Å². The van der Waals surface area contributed by atoms with E-state index in [9.17, 15) is 40.3 Å². The van der Waals surface area contributed by atoms with Crippen molar-refractivity contribution in [3.63, 3.8) is 0 Å². The molecule has 4 aromatic heterocycles. The van der Waals surface area contributed by atoms with Crippen LogP contribution in [0, 0.1) is 17.6 Å². The molecule has 11 nitrogen and oxygen atoms in total. The molecule has 0 aliphatic heterocycles. The van der Waals surface area contributed by atoms with Gasteiger partial charge in [-0.25, -0.2) is 27.5 Å². The van der Waals surface area contributed by atoms with Crippen LogP contribution in [0.25, 0.3) is 38.9 Å². The Labute approximate surface area is 358 Å². The molecule has 326 valence electrons. The van der Waals surface area contributed by atoms with Crippen LogP contribution in [0.5, 0.6) is 0 Å². The summed E-state index contributed by atoms with van der Waals surface area (Å²) in [5, 5.41) is 11.3. The molecule has 1 amide bonds. The van der Waals surface area contributed by atoms with Gasteiger partial charge in [-0.1, -0.05) is 35.7 Å². The van der Waals surface area contributed by atoms with E-state index in [0.29, 0.717) is 22.0 Å². The van der Waals surface area contributed by atoms with Gasteiger partial charge in [0.2, 0.25) is 5.91 Å². The number of halogens is 10. The maximum Gasteiger partial charge on any atom is 0.416 e. The number of carbonyl (C=O) groups excluding carboxylic acids is 1. The smallest absolute Gasteiger partial charge is 0.344 e. The molecule has 1 fully saturated rings. The van der Waals surface area contributed by atoms with E-state index < -0.39 is 89.4 Å². The maximum absolute atomic E-state index is 15.5. The zero-order valence-electron chi connectivity index (χ0n) is 32.4. The first kappa shape index (κ1) is 42.2. The Morgan fingerprint density at radius 2 is 1.71 bits per heavy atom. The Balaban J connectivity index is 1.24. The summed E-state index contributed by atoms with van der Waals surface area (Å²) in [6.45, 7) is -1.01. The lowest BCUT2D eigenvalue weighted by Crippen LogP contribution is -2.38. The Bertz CT molecular complexity index is 3040. The summed E-state index contributed by atoms with van der Waals surface area (Å²) in [6.07, 6.45) is -6.64. The number of alkyl halides is 7. The molecule has 0 saturated heterocycles. The molecule has 63 heavy (non-hydrogen) atoms. The van der Waals surface area contributed by atoms with Crippen molar-refractivity contribution < 1.29 is 44.3 Å². The van der Waals surface area contributed by atoms with Crippen LogP contribution in [0.3, 0.4) is 0 Å². The Morgan fingerprint density at radius 3 is 2.38 bits per heavy atom. The number of hydrogen-bond donors (Lipinski definition) is 2. The minimum atomic E-state index is -4.63.